The van der Waals surface area contributed by atoms with Crippen molar-refractivity contribution in [2.45, 2.75) is 36.5 Å². The molecule has 1 aliphatic rings. The van der Waals surface area contributed by atoms with Crippen LogP contribution in [0.3, 0.4) is 0 Å². The molecule has 0 radical (unpaired) electrons. The van der Waals surface area contributed by atoms with Crippen molar-refractivity contribution in [3.05, 3.63) is 65.7 Å². The van der Waals surface area contributed by atoms with Gasteiger partial charge in [0.25, 0.3) is 0 Å². The molecular weight excluding hydrogens is 429 g/mol. The molecule has 5 nitrogen and oxygen atoms in total. The Labute approximate surface area is 169 Å². The van der Waals surface area contributed by atoms with Crippen LogP contribution in [-0.4, -0.2) is 17.9 Å². The molecule has 2 amide bonds. The molecule has 3 N–H and O–H groups in total. The van der Waals surface area contributed by atoms with Gasteiger partial charge in [-0.05, 0) is 30.2 Å². The predicted octanol–water partition coefficient (Wildman–Crippen LogP) is 4.70. The number of hydrogen-bond acceptors (Lipinski definition) is 3. The molecular formula is C19H20F5N3O2S. The molecule has 1 heterocycles. The van der Waals surface area contributed by atoms with Gasteiger partial charge in [0.15, 0.2) is 0 Å². The first-order valence-corrected chi connectivity index (χ1v) is 10.9. The van der Waals surface area contributed by atoms with Gasteiger partial charge in [0.05, 0.1) is 18.5 Å². The maximum absolute atomic E-state index is 12.8. The summed E-state index contributed by atoms with van der Waals surface area (Å²) in [6, 6.07) is 9.70. The first-order chi connectivity index (χ1) is 13.7. The van der Waals surface area contributed by atoms with Crippen LogP contribution in [0.2, 0.25) is 0 Å². The Morgan fingerprint density at radius 2 is 1.63 bits per heavy atom. The third-order valence-corrected chi connectivity index (χ3v) is 5.86. The summed E-state index contributed by atoms with van der Waals surface area (Å²) in [5, 5.41) is 8.33. The van der Waals surface area contributed by atoms with Crippen LogP contribution in [-0.2, 0) is 9.59 Å². The van der Waals surface area contributed by atoms with Crippen molar-refractivity contribution in [2.24, 2.45) is 0 Å². The van der Waals surface area contributed by atoms with Crippen LogP contribution in [0.15, 0.2) is 59.5 Å². The fourth-order valence-corrected chi connectivity index (χ4v) is 3.76. The van der Waals surface area contributed by atoms with Crippen molar-refractivity contribution in [1.29, 1.82) is 0 Å². The van der Waals surface area contributed by atoms with E-state index < -0.39 is 39.3 Å². The second kappa shape index (κ2) is 6.95. The Hall–Kier alpha value is -2.66. The van der Waals surface area contributed by atoms with Crippen LogP contribution >= 0.6 is 10.2 Å². The van der Waals surface area contributed by atoms with E-state index in [1.54, 1.807) is 24.3 Å². The highest BCUT2D eigenvalue weighted by atomic mass is 32.5. The third-order valence-electron chi connectivity index (χ3n) is 4.70. The van der Waals surface area contributed by atoms with Crippen molar-refractivity contribution in [3.63, 3.8) is 0 Å². The maximum Gasteiger partial charge on any atom is 0.310 e. The normalized spacial score (nSPS) is 22.9. The van der Waals surface area contributed by atoms with E-state index in [1.165, 1.54) is 6.92 Å². The summed E-state index contributed by atoms with van der Waals surface area (Å²) >= 11 is 0. The quantitative estimate of drug-likeness (QED) is 0.580. The number of rotatable bonds is 5. The standard InChI is InChI=1S/C19H20F5N3O2S/c1-12(13-7-9-15(10-8-13)30(20,21,22,23)24)25-19(29)16-11-17(28)27-18(26-16)14-5-3-2-4-6-14/h2-10,12,16,18,26H,11H2,1H3,(H,25,29)(H,27,28)/t12-,16?,18?/m1/s1. The maximum atomic E-state index is 12.8. The summed E-state index contributed by atoms with van der Waals surface area (Å²) in [6.07, 6.45) is -0.694. The number of amides is 2. The van der Waals surface area contributed by atoms with E-state index >= 15 is 0 Å². The topological polar surface area (TPSA) is 70.2 Å². The van der Waals surface area contributed by atoms with Crippen LogP contribution < -0.4 is 16.0 Å². The Kier molecular flexibility index (Phi) is 5.10. The molecule has 0 saturated carbocycles. The lowest BCUT2D eigenvalue weighted by molar-refractivity contribution is -0.132. The molecule has 0 aliphatic carbocycles. The van der Waals surface area contributed by atoms with Gasteiger partial charge < -0.3 is 10.6 Å². The van der Waals surface area contributed by atoms with Gasteiger partial charge in [0.1, 0.15) is 11.1 Å². The second-order valence-electron chi connectivity index (χ2n) is 7.10. The lowest BCUT2D eigenvalue weighted by Crippen LogP contribution is -2.56. The molecule has 11 heteroatoms. The average molecular weight is 449 g/mol. The zero-order chi connectivity index (χ0) is 22.2. The highest BCUT2D eigenvalue weighted by Crippen LogP contribution is 3.02. The van der Waals surface area contributed by atoms with Gasteiger partial charge in [-0.15, -0.1) is 0 Å². The number of nitrogens with one attached hydrogen (secondary N) is 3. The Morgan fingerprint density at radius 1 is 1.03 bits per heavy atom. The number of benzene rings is 2. The molecule has 3 rings (SSSR count). The third kappa shape index (κ3) is 5.28. The monoisotopic (exact) mass is 449 g/mol. The molecule has 2 aromatic rings. The number of carbonyl (C=O) groups excluding carboxylic acids is 2. The molecule has 2 unspecified atom stereocenters. The molecule has 1 saturated heterocycles. The molecule has 3 atom stereocenters. The highest BCUT2D eigenvalue weighted by molar-refractivity contribution is 8.45. The lowest BCUT2D eigenvalue weighted by atomic mass is 10.0. The summed E-state index contributed by atoms with van der Waals surface area (Å²) < 4.78 is 64.2. The lowest BCUT2D eigenvalue weighted by Gasteiger charge is -2.40. The Morgan fingerprint density at radius 3 is 2.20 bits per heavy atom. The molecule has 1 aliphatic heterocycles. The Bertz CT molecular complexity index is 953. The second-order valence-corrected chi connectivity index (χ2v) is 9.51. The predicted molar refractivity (Wildman–Crippen MR) is 103 cm³/mol. The van der Waals surface area contributed by atoms with Crippen LogP contribution in [0.5, 0.6) is 0 Å². The minimum Gasteiger partial charge on any atom is -0.348 e. The molecule has 164 valence electrons. The SMILES string of the molecule is C[C@@H](NC(=O)C1CC(=O)NC(c2ccccc2)N1)c1ccc(S(F)(F)(F)(F)F)cc1. The Balaban J connectivity index is 1.69. The van der Waals surface area contributed by atoms with Crippen molar-refractivity contribution in [3.8, 4) is 0 Å². The zero-order valence-corrected chi connectivity index (χ0v) is 16.6. The zero-order valence-electron chi connectivity index (χ0n) is 15.7. The minimum atomic E-state index is -9.75. The summed E-state index contributed by atoms with van der Waals surface area (Å²) in [5.41, 5.74) is 0.969. The molecule has 1 fully saturated rings. The van der Waals surface area contributed by atoms with Crippen LogP contribution in [0.1, 0.15) is 36.7 Å². The van der Waals surface area contributed by atoms with Crippen LogP contribution in [0, 0.1) is 0 Å². The average Bonchev–Trinajstić information content (AvgIpc) is 2.66. The molecule has 0 spiro atoms. The highest BCUT2D eigenvalue weighted by Gasteiger charge is 2.65. The van der Waals surface area contributed by atoms with Gasteiger partial charge in [-0.2, -0.15) is 0 Å². The van der Waals surface area contributed by atoms with Crippen molar-refractivity contribution in [1.82, 2.24) is 16.0 Å². The van der Waals surface area contributed by atoms with Gasteiger partial charge in [-0.3, -0.25) is 14.9 Å². The van der Waals surface area contributed by atoms with E-state index in [0.29, 0.717) is 12.1 Å². The summed E-state index contributed by atoms with van der Waals surface area (Å²) in [6.45, 7) is 1.50. The fraction of sp³-hybridized carbons (Fsp3) is 0.263. The van der Waals surface area contributed by atoms with Gasteiger partial charge in [0, 0.05) is 0 Å². The first kappa shape index (κ1) is 22.0. The van der Waals surface area contributed by atoms with E-state index in [2.05, 4.69) is 16.0 Å². The van der Waals surface area contributed by atoms with E-state index in [4.69, 9.17) is 0 Å². The minimum absolute atomic E-state index is 0.120. The van der Waals surface area contributed by atoms with Gasteiger partial charge in [0.2, 0.25) is 11.8 Å². The van der Waals surface area contributed by atoms with E-state index in [9.17, 15) is 29.0 Å². The summed E-state index contributed by atoms with van der Waals surface area (Å²) in [5.74, 6) is -0.870. The van der Waals surface area contributed by atoms with E-state index in [0.717, 1.165) is 17.7 Å². The number of carbonyl (C=O) groups is 2. The summed E-state index contributed by atoms with van der Waals surface area (Å²) in [4.78, 5) is 22.6. The largest absolute Gasteiger partial charge is 0.348 e. The molecule has 2 aromatic carbocycles. The fourth-order valence-electron chi connectivity index (χ4n) is 3.11. The van der Waals surface area contributed by atoms with Crippen molar-refractivity contribution in [2.75, 3.05) is 0 Å². The van der Waals surface area contributed by atoms with Gasteiger partial charge >= 0.3 is 10.2 Å². The smallest absolute Gasteiger partial charge is 0.310 e. The van der Waals surface area contributed by atoms with Crippen LogP contribution in [0.25, 0.3) is 0 Å². The summed E-state index contributed by atoms with van der Waals surface area (Å²) in [7, 11) is -9.75. The molecule has 0 aromatic heterocycles. The number of halogens is 5. The number of hydrogen-bond donors (Lipinski definition) is 3. The first-order valence-electron chi connectivity index (χ1n) is 8.98. The van der Waals surface area contributed by atoms with E-state index in [-0.39, 0.29) is 17.9 Å². The van der Waals surface area contributed by atoms with Crippen molar-refractivity contribution < 1.29 is 29.0 Å². The van der Waals surface area contributed by atoms with Gasteiger partial charge in [-0.1, -0.05) is 61.9 Å². The van der Waals surface area contributed by atoms with Crippen LogP contribution in [0.4, 0.5) is 19.4 Å². The molecule has 0 bridgehead atoms. The molecule has 30 heavy (non-hydrogen) atoms. The van der Waals surface area contributed by atoms with Crippen molar-refractivity contribution >= 4 is 22.0 Å². The van der Waals surface area contributed by atoms with E-state index in [1.807, 2.05) is 6.07 Å². The van der Waals surface area contributed by atoms with Gasteiger partial charge in [-0.25, -0.2) is 0 Å².